The molecule has 0 heterocycles. The van der Waals surface area contributed by atoms with Crippen LogP contribution in [0.15, 0.2) is 24.3 Å². The third-order valence-electron chi connectivity index (χ3n) is 3.06. The quantitative estimate of drug-likeness (QED) is 0.825. The van der Waals surface area contributed by atoms with E-state index in [9.17, 15) is 4.79 Å². The average Bonchev–Trinajstić information content (AvgIpc) is 2.27. The van der Waals surface area contributed by atoms with Gasteiger partial charge in [0.1, 0.15) is 4.99 Å². The Morgan fingerprint density at radius 3 is 2.39 bits per heavy atom. The number of hydrogen-bond donors (Lipinski definition) is 2. The van der Waals surface area contributed by atoms with Crippen molar-refractivity contribution in [3.8, 4) is 0 Å². The zero-order valence-corrected chi connectivity index (χ0v) is 12.1. The van der Waals surface area contributed by atoms with E-state index < -0.39 is 0 Å². The minimum absolute atomic E-state index is 0.0242. The molecule has 0 bridgehead atoms. The molecular weight excluding hydrogens is 244 g/mol. The number of nitrogens with two attached hydrogens (primary N) is 1. The topological polar surface area (TPSA) is 55.1 Å². The smallest absolute Gasteiger partial charge is 0.251 e. The maximum absolute atomic E-state index is 12.1. The molecule has 98 valence electrons. The van der Waals surface area contributed by atoms with E-state index in [1.165, 1.54) is 0 Å². The highest BCUT2D eigenvalue weighted by molar-refractivity contribution is 7.80. The lowest BCUT2D eigenvalue weighted by molar-refractivity contribution is 0.0910. The standard InChI is InChI=1S/C14H20N2OS/c1-9(14(2,3)4)16-13(17)11-7-5-6-10(8-11)12(15)18/h5-9H,1-4H3,(H2,15,18)(H,16,17). The minimum atomic E-state index is -0.101. The first-order chi connectivity index (χ1) is 8.21. The molecule has 0 radical (unpaired) electrons. The first kappa shape index (κ1) is 14.6. The van der Waals surface area contributed by atoms with Gasteiger partial charge in [-0.1, -0.05) is 45.1 Å². The lowest BCUT2D eigenvalue weighted by Gasteiger charge is -2.28. The number of rotatable bonds is 3. The van der Waals surface area contributed by atoms with Gasteiger partial charge >= 0.3 is 0 Å². The maximum atomic E-state index is 12.1. The summed E-state index contributed by atoms with van der Waals surface area (Å²) in [5.74, 6) is -0.101. The monoisotopic (exact) mass is 264 g/mol. The van der Waals surface area contributed by atoms with Gasteiger partial charge < -0.3 is 11.1 Å². The molecule has 1 aromatic carbocycles. The van der Waals surface area contributed by atoms with Gasteiger partial charge in [0.25, 0.3) is 5.91 Å². The third kappa shape index (κ3) is 3.81. The highest BCUT2D eigenvalue weighted by Gasteiger charge is 2.22. The fraction of sp³-hybridized carbons (Fsp3) is 0.429. The molecule has 1 rings (SSSR count). The summed E-state index contributed by atoms with van der Waals surface area (Å²) in [6.45, 7) is 8.26. The van der Waals surface area contributed by atoms with Crippen LogP contribution < -0.4 is 11.1 Å². The molecule has 1 amide bonds. The highest BCUT2D eigenvalue weighted by atomic mass is 32.1. The van der Waals surface area contributed by atoms with Crippen LogP contribution in [0.3, 0.4) is 0 Å². The van der Waals surface area contributed by atoms with E-state index in [1.807, 2.05) is 6.92 Å². The Morgan fingerprint density at radius 1 is 1.33 bits per heavy atom. The first-order valence-corrected chi connectivity index (χ1v) is 6.33. The first-order valence-electron chi connectivity index (χ1n) is 5.92. The second kappa shape index (κ2) is 5.48. The number of hydrogen-bond acceptors (Lipinski definition) is 2. The zero-order valence-electron chi connectivity index (χ0n) is 11.3. The van der Waals surface area contributed by atoms with Crippen molar-refractivity contribution in [1.82, 2.24) is 5.32 Å². The van der Waals surface area contributed by atoms with Gasteiger partial charge in [0.15, 0.2) is 0 Å². The number of thiocarbonyl (C=S) groups is 1. The van der Waals surface area contributed by atoms with Crippen molar-refractivity contribution in [2.75, 3.05) is 0 Å². The summed E-state index contributed by atoms with van der Waals surface area (Å²) in [5, 5.41) is 2.98. The summed E-state index contributed by atoms with van der Waals surface area (Å²) in [5.41, 5.74) is 6.87. The molecule has 4 heteroatoms. The van der Waals surface area contributed by atoms with Crippen molar-refractivity contribution < 1.29 is 4.79 Å². The highest BCUT2D eigenvalue weighted by Crippen LogP contribution is 2.19. The maximum Gasteiger partial charge on any atom is 0.251 e. The van der Waals surface area contributed by atoms with Crippen LogP contribution in [-0.2, 0) is 0 Å². The van der Waals surface area contributed by atoms with Crippen LogP contribution in [0.2, 0.25) is 0 Å². The fourth-order valence-electron chi connectivity index (χ4n) is 1.31. The predicted octanol–water partition coefficient (Wildman–Crippen LogP) is 2.49. The van der Waals surface area contributed by atoms with Crippen molar-refractivity contribution >= 4 is 23.1 Å². The van der Waals surface area contributed by atoms with Crippen LogP contribution in [0.4, 0.5) is 0 Å². The van der Waals surface area contributed by atoms with E-state index in [0.29, 0.717) is 16.1 Å². The van der Waals surface area contributed by atoms with E-state index in [-0.39, 0.29) is 17.4 Å². The van der Waals surface area contributed by atoms with Crippen LogP contribution in [0.1, 0.15) is 43.6 Å². The SMILES string of the molecule is CC(NC(=O)c1cccc(C(N)=S)c1)C(C)(C)C. The van der Waals surface area contributed by atoms with Gasteiger partial charge in [0, 0.05) is 17.2 Å². The van der Waals surface area contributed by atoms with Gasteiger partial charge in [-0.15, -0.1) is 0 Å². The number of nitrogens with one attached hydrogen (secondary N) is 1. The minimum Gasteiger partial charge on any atom is -0.389 e. The molecule has 18 heavy (non-hydrogen) atoms. The number of carbonyl (C=O) groups is 1. The molecule has 3 N–H and O–H groups in total. The number of amides is 1. The molecule has 1 aromatic rings. The summed E-state index contributed by atoms with van der Waals surface area (Å²) < 4.78 is 0. The molecule has 0 saturated heterocycles. The molecule has 0 aromatic heterocycles. The van der Waals surface area contributed by atoms with Gasteiger partial charge in [0.05, 0.1) is 0 Å². The molecule has 0 spiro atoms. The van der Waals surface area contributed by atoms with Crippen molar-refractivity contribution in [3.05, 3.63) is 35.4 Å². The zero-order chi connectivity index (χ0) is 13.9. The van der Waals surface area contributed by atoms with Crippen LogP contribution in [-0.4, -0.2) is 16.9 Å². The van der Waals surface area contributed by atoms with Gasteiger partial charge in [-0.2, -0.15) is 0 Å². The summed E-state index contributed by atoms with van der Waals surface area (Å²) in [7, 11) is 0. The van der Waals surface area contributed by atoms with Crippen LogP contribution in [0, 0.1) is 5.41 Å². The Bertz CT molecular complexity index is 463. The summed E-state index contributed by atoms with van der Waals surface area (Å²) in [6.07, 6.45) is 0. The van der Waals surface area contributed by atoms with Crippen LogP contribution >= 0.6 is 12.2 Å². The molecule has 0 aliphatic rings. The molecule has 0 aliphatic heterocycles. The van der Waals surface area contributed by atoms with Gasteiger partial charge in [0.2, 0.25) is 0 Å². The molecule has 1 atom stereocenters. The predicted molar refractivity (Wildman–Crippen MR) is 78.7 cm³/mol. The summed E-state index contributed by atoms with van der Waals surface area (Å²) in [6, 6.07) is 7.13. The lowest BCUT2D eigenvalue weighted by atomic mass is 9.88. The van der Waals surface area contributed by atoms with Crippen molar-refractivity contribution in [2.24, 2.45) is 11.1 Å². The fourth-order valence-corrected chi connectivity index (χ4v) is 1.44. The second-order valence-electron chi connectivity index (χ2n) is 5.51. The van der Waals surface area contributed by atoms with Crippen LogP contribution in [0.25, 0.3) is 0 Å². The van der Waals surface area contributed by atoms with Crippen molar-refractivity contribution in [2.45, 2.75) is 33.7 Å². The second-order valence-corrected chi connectivity index (χ2v) is 5.95. The number of carbonyl (C=O) groups excluding carboxylic acids is 1. The van der Waals surface area contributed by atoms with Crippen molar-refractivity contribution in [3.63, 3.8) is 0 Å². The molecule has 1 unspecified atom stereocenters. The van der Waals surface area contributed by atoms with E-state index >= 15 is 0 Å². The average molecular weight is 264 g/mol. The number of benzene rings is 1. The molecule has 0 aliphatic carbocycles. The van der Waals surface area contributed by atoms with E-state index in [1.54, 1.807) is 24.3 Å². The summed E-state index contributed by atoms with van der Waals surface area (Å²) in [4.78, 5) is 12.4. The summed E-state index contributed by atoms with van der Waals surface area (Å²) >= 11 is 4.90. The van der Waals surface area contributed by atoms with Crippen molar-refractivity contribution in [1.29, 1.82) is 0 Å². The normalized spacial score (nSPS) is 12.9. The van der Waals surface area contributed by atoms with E-state index in [2.05, 4.69) is 26.1 Å². The largest absolute Gasteiger partial charge is 0.389 e. The Labute approximate surface area is 114 Å². The molecule has 0 saturated carbocycles. The molecule has 3 nitrogen and oxygen atoms in total. The molecule has 0 fully saturated rings. The van der Waals surface area contributed by atoms with E-state index in [0.717, 1.165) is 0 Å². The Balaban J connectivity index is 2.85. The van der Waals surface area contributed by atoms with E-state index in [4.69, 9.17) is 18.0 Å². The molecular formula is C14H20N2OS. The lowest BCUT2D eigenvalue weighted by Crippen LogP contribution is -2.41. The van der Waals surface area contributed by atoms with Gasteiger partial charge in [-0.3, -0.25) is 4.79 Å². The third-order valence-corrected chi connectivity index (χ3v) is 3.29. The van der Waals surface area contributed by atoms with Gasteiger partial charge in [-0.05, 0) is 24.5 Å². The Kier molecular flexibility index (Phi) is 4.46. The van der Waals surface area contributed by atoms with Crippen LogP contribution in [0.5, 0.6) is 0 Å². The Hall–Kier alpha value is -1.42. The Morgan fingerprint density at radius 2 is 1.89 bits per heavy atom. The van der Waals surface area contributed by atoms with Gasteiger partial charge in [-0.25, -0.2) is 0 Å².